The van der Waals surface area contributed by atoms with Gasteiger partial charge >= 0.3 is 0 Å². The topological polar surface area (TPSA) is 32.3 Å². The standard InChI is InChI=1S/C15H30N2O/c1-6-8-9-10-15(4,5)11-17-13(7-2)16-12(3)14(17)18/h12-13,16H,6-11H2,1-5H3. The van der Waals surface area contributed by atoms with Gasteiger partial charge in [0.25, 0.3) is 0 Å². The van der Waals surface area contributed by atoms with E-state index in [-0.39, 0.29) is 23.5 Å². The number of carbonyl (C=O) groups is 1. The number of hydrogen-bond donors (Lipinski definition) is 1. The van der Waals surface area contributed by atoms with Crippen LogP contribution in [0, 0.1) is 5.41 Å². The number of nitrogens with one attached hydrogen (secondary N) is 1. The Kier molecular flexibility index (Phi) is 5.64. The Balaban J connectivity index is 2.55. The van der Waals surface area contributed by atoms with Crippen molar-refractivity contribution in [2.45, 2.75) is 78.9 Å². The van der Waals surface area contributed by atoms with Gasteiger partial charge in [-0.05, 0) is 25.2 Å². The van der Waals surface area contributed by atoms with Gasteiger partial charge < -0.3 is 4.90 Å². The molecule has 3 nitrogen and oxygen atoms in total. The quantitative estimate of drug-likeness (QED) is 0.708. The van der Waals surface area contributed by atoms with Gasteiger partial charge in [-0.3, -0.25) is 10.1 Å². The minimum Gasteiger partial charge on any atom is -0.325 e. The molecule has 2 unspecified atom stereocenters. The summed E-state index contributed by atoms with van der Waals surface area (Å²) in [5, 5.41) is 3.37. The molecule has 1 aliphatic rings. The zero-order chi connectivity index (χ0) is 13.8. The molecule has 0 aromatic heterocycles. The lowest BCUT2D eigenvalue weighted by molar-refractivity contribution is -0.131. The molecule has 1 amide bonds. The first kappa shape index (κ1) is 15.5. The third-order valence-corrected chi connectivity index (χ3v) is 3.91. The summed E-state index contributed by atoms with van der Waals surface area (Å²) in [6, 6.07) is -0.0126. The predicted molar refractivity (Wildman–Crippen MR) is 76.3 cm³/mol. The van der Waals surface area contributed by atoms with Crippen LogP contribution in [0.15, 0.2) is 0 Å². The summed E-state index contributed by atoms with van der Waals surface area (Å²) in [5.74, 6) is 0.269. The van der Waals surface area contributed by atoms with Crippen molar-refractivity contribution in [2.24, 2.45) is 5.41 Å². The molecular formula is C15H30N2O. The maximum Gasteiger partial charge on any atom is 0.240 e. The van der Waals surface area contributed by atoms with E-state index < -0.39 is 0 Å². The minimum atomic E-state index is -0.0126. The van der Waals surface area contributed by atoms with E-state index in [0.717, 1.165) is 13.0 Å². The van der Waals surface area contributed by atoms with Crippen molar-refractivity contribution in [2.75, 3.05) is 6.54 Å². The van der Waals surface area contributed by atoms with Gasteiger partial charge in [-0.1, -0.05) is 47.0 Å². The highest BCUT2D eigenvalue weighted by Gasteiger charge is 2.37. The van der Waals surface area contributed by atoms with Crippen LogP contribution in [-0.4, -0.2) is 29.6 Å². The molecule has 0 aromatic rings. The van der Waals surface area contributed by atoms with Crippen LogP contribution in [0.2, 0.25) is 0 Å². The zero-order valence-corrected chi connectivity index (χ0v) is 12.8. The van der Waals surface area contributed by atoms with Gasteiger partial charge in [0.05, 0.1) is 12.2 Å². The summed E-state index contributed by atoms with van der Waals surface area (Å²) in [4.78, 5) is 14.2. The van der Waals surface area contributed by atoms with Crippen molar-refractivity contribution in [1.29, 1.82) is 0 Å². The molecule has 0 aromatic carbocycles. The first-order valence-corrected chi connectivity index (χ1v) is 7.48. The Morgan fingerprint density at radius 2 is 1.94 bits per heavy atom. The monoisotopic (exact) mass is 254 g/mol. The van der Waals surface area contributed by atoms with Gasteiger partial charge in [0.2, 0.25) is 5.91 Å². The maximum absolute atomic E-state index is 12.1. The summed E-state index contributed by atoms with van der Waals surface area (Å²) in [7, 11) is 0. The van der Waals surface area contributed by atoms with Gasteiger partial charge in [-0.15, -0.1) is 0 Å². The highest BCUT2D eigenvalue weighted by atomic mass is 16.2. The van der Waals surface area contributed by atoms with Crippen molar-refractivity contribution in [3.05, 3.63) is 0 Å². The van der Waals surface area contributed by atoms with Crippen LogP contribution in [0.3, 0.4) is 0 Å². The number of unbranched alkanes of at least 4 members (excludes halogenated alkanes) is 2. The molecule has 1 rings (SSSR count). The van der Waals surface area contributed by atoms with E-state index in [2.05, 4.69) is 37.9 Å². The molecule has 1 N–H and O–H groups in total. The van der Waals surface area contributed by atoms with E-state index in [1.54, 1.807) is 0 Å². The van der Waals surface area contributed by atoms with E-state index in [1.165, 1.54) is 25.7 Å². The molecule has 1 saturated heterocycles. The molecule has 106 valence electrons. The Morgan fingerprint density at radius 1 is 1.28 bits per heavy atom. The third-order valence-electron chi connectivity index (χ3n) is 3.91. The summed E-state index contributed by atoms with van der Waals surface area (Å²) >= 11 is 0. The summed E-state index contributed by atoms with van der Waals surface area (Å²) in [6.07, 6.45) is 6.25. The van der Waals surface area contributed by atoms with Crippen molar-refractivity contribution in [3.63, 3.8) is 0 Å². The summed E-state index contributed by atoms with van der Waals surface area (Å²) in [5.41, 5.74) is 0.226. The fourth-order valence-corrected chi connectivity index (χ4v) is 2.77. The lowest BCUT2D eigenvalue weighted by Crippen LogP contribution is -2.42. The maximum atomic E-state index is 12.1. The van der Waals surface area contributed by atoms with Crippen molar-refractivity contribution >= 4 is 5.91 Å². The smallest absolute Gasteiger partial charge is 0.240 e. The average Bonchev–Trinajstić information content (AvgIpc) is 2.56. The highest BCUT2D eigenvalue weighted by Crippen LogP contribution is 2.28. The third kappa shape index (κ3) is 3.98. The second kappa shape index (κ2) is 6.55. The van der Waals surface area contributed by atoms with Crippen molar-refractivity contribution in [3.8, 4) is 0 Å². The van der Waals surface area contributed by atoms with Crippen LogP contribution >= 0.6 is 0 Å². The SMILES string of the molecule is CCCCCC(C)(C)CN1C(=O)C(C)NC1CC. The number of amides is 1. The van der Waals surface area contributed by atoms with Crippen LogP contribution in [0.25, 0.3) is 0 Å². The average molecular weight is 254 g/mol. The van der Waals surface area contributed by atoms with E-state index in [0.29, 0.717) is 0 Å². The number of rotatable bonds is 7. The molecular weight excluding hydrogens is 224 g/mol. The Bertz CT molecular complexity index is 276. The summed E-state index contributed by atoms with van der Waals surface area (Å²) < 4.78 is 0. The summed E-state index contributed by atoms with van der Waals surface area (Å²) in [6.45, 7) is 11.8. The fourth-order valence-electron chi connectivity index (χ4n) is 2.77. The highest BCUT2D eigenvalue weighted by molar-refractivity contribution is 5.83. The fraction of sp³-hybridized carbons (Fsp3) is 0.933. The molecule has 0 spiro atoms. The van der Waals surface area contributed by atoms with Gasteiger partial charge in [0, 0.05) is 6.54 Å². The second-order valence-electron chi connectivity index (χ2n) is 6.40. The Morgan fingerprint density at radius 3 is 2.50 bits per heavy atom. The van der Waals surface area contributed by atoms with E-state index >= 15 is 0 Å². The second-order valence-corrected chi connectivity index (χ2v) is 6.40. The Labute approximate surface area is 112 Å². The van der Waals surface area contributed by atoms with Crippen molar-refractivity contribution in [1.82, 2.24) is 10.2 Å². The van der Waals surface area contributed by atoms with Gasteiger partial charge in [0.15, 0.2) is 0 Å². The predicted octanol–water partition coefficient (Wildman–Crippen LogP) is 3.15. The lowest BCUT2D eigenvalue weighted by atomic mass is 9.86. The molecule has 0 radical (unpaired) electrons. The van der Waals surface area contributed by atoms with Crippen LogP contribution in [0.5, 0.6) is 0 Å². The number of carbonyl (C=O) groups excluding carboxylic acids is 1. The van der Waals surface area contributed by atoms with Gasteiger partial charge in [0.1, 0.15) is 0 Å². The Hall–Kier alpha value is -0.570. The molecule has 1 aliphatic heterocycles. The van der Waals surface area contributed by atoms with E-state index in [9.17, 15) is 4.79 Å². The van der Waals surface area contributed by atoms with E-state index in [1.807, 2.05) is 6.92 Å². The number of hydrogen-bond acceptors (Lipinski definition) is 2. The van der Waals surface area contributed by atoms with Crippen LogP contribution < -0.4 is 5.32 Å². The van der Waals surface area contributed by atoms with Crippen LogP contribution in [0.1, 0.15) is 66.7 Å². The molecule has 0 saturated carbocycles. The van der Waals surface area contributed by atoms with Gasteiger partial charge in [-0.2, -0.15) is 0 Å². The van der Waals surface area contributed by atoms with Crippen molar-refractivity contribution < 1.29 is 4.79 Å². The molecule has 2 atom stereocenters. The molecule has 1 fully saturated rings. The van der Waals surface area contributed by atoms with Crippen LogP contribution in [0.4, 0.5) is 0 Å². The molecule has 0 bridgehead atoms. The zero-order valence-electron chi connectivity index (χ0n) is 12.8. The number of nitrogens with zero attached hydrogens (tertiary/aromatic N) is 1. The molecule has 18 heavy (non-hydrogen) atoms. The van der Waals surface area contributed by atoms with E-state index in [4.69, 9.17) is 0 Å². The largest absolute Gasteiger partial charge is 0.325 e. The molecule has 1 heterocycles. The molecule has 0 aliphatic carbocycles. The minimum absolute atomic E-state index is 0.0126. The lowest BCUT2D eigenvalue weighted by Gasteiger charge is -2.33. The first-order valence-electron chi connectivity index (χ1n) is 7.48. The van der Waals surface area contributed by atoms with Gasteiger partial charge in [-0.25, -0.2) is 0 Å². The molecule has 3 heteroatoms. The van der Waals surface area contributed by atoms with Crippen LogP contribution in [-0.2, 0) is 4.79 Å². The normalized spacial score (nSPS) is 24.9. The first-order chi connectivity index (χ1) is 8.41.